The molecule has 0 aromatic heterocycles. The van der Waals surface area contributed by atoms with Crippen molar-refractivity contribution in [3.8, 4) is 5.75 Å². The van der Waals surface area contributed by atoms with E-state index in [4.69, 9.17) is 21.4 Å². The summed E-state index contributed by atoms with van der Waals surface area (Å²) < 4.78 is 32.5. The molecule has 0 unspecified atom stereocenters. The van der Waals surface area contributed by atoms with E-state index in [9.17, 15) is 13.2 Å². The normalized spacial score (nSPS) is 21.9. The first-order valence-corrected chi connectivity index (χ1v) is 8.46. The molecule has 1 fully saturated rings. The predicted molar refractivity (Wildman–Crippen MR) is 80.9 cm³/mol. The number of ether oxygens (including phenoxy) is 1. The molecule has 0 radical (unpaired) electrons. The van der Waals surface area contributed by atoms with Gasteiger partial charge in [-0.3, -0.25) is 0 Å². The number of carbonyl (C=O) groups is 1. The summed E-state index contributed by atoms with van der Waals surface area (Å²) in [6, 6.07) is 3.57. The Morgan fingerprint density at radius 2 is 2.18 bits per heavy atom. The summed E-state index contributed by atoms with van der Waals surface area (Å²) in [5.41, 5.74) is 0. The summed E-state index contributed by atoms with van der Waals surface area (Å²) in [5.74, 6) is 0.179. The van der Waals surface area contributed by atoms with Crippen LogP contribution < -0.4 is 9.46 Å². The molecule has 0 aliphatic carbocycles. The van der Waals surface area contributed by atoms with Gasteiger partial charge in [-0.05, 0) is 31.5 Å². The van der Waals surface area contributed by atoms with Crippen LogP contribution in [0.1, 0.15) is 13.3 Å². The number of hydrogen-bond donors (Lipinski definition) is 2. The van der Waals surface area contributed by atoms with Crippen LogP contribution in [0.5, 0.6) is 5.75 Å². The number of rotatable bonds is 4. The zero-order chi connectivity index (χ0) is 16.5. The zero-order valence-corrected chi connectivity index (χ0v) is 13.7. The van der Waals surface area contributed by atoms with Crippen molar-refractivity contribution in [3.63, 3.8) is 0 Å². The summed E-state index contributed by atoms with van der Waals surface area (Å²) in [4.78, 5) is 12.2. The molecule has 1 aromatic rings. The van der Waals surface area contributed by atoms with Gasteiger partial charge >= 0.3 is 6.09 Å². The third kappa shape index (κ3) is 3.45. The molecule has 2 rings (SSSR count). The number of nitrogens with one attached hydrogen (secondary N) is 1. The Bertz CT molecular complexity index is 679. The van der Waals surface area contributed by atoms with E-state index >= 15 is 0 Å². The first-order chi connectivity index (χ1) is 10.2. The summed E-state index contributed by atoms with van der Waals surface area (Å²) in [7, 11) is -2.49. The third-order valence-corrected chi connectivity index (χ3v) is 5.33. The second-order valence-electron chi connectivity index (χ2n) is 5.13. The summed E-state index contributed by atoms with van der Waals surface area (Å²) in [5, 5.41) is 9.32. The second kappa shape index (κ2) is 6.31. The number of methoxy groups -OCH3 is 1. The maximum absolute atomic E-state index is 12.5. The van der Waals surface area contributed by atoms with Crippen molar-refractivity contribution in [3.05, 3.63) is 23.2 Å². The van der Waals surface area contributed by atoms with Gasteiger partial charge in [0.15, 0.2) is 0 Å². The van der Waals surface area contributed by atoms with Gasteiger partial charge < -0.3 is 14.7 Å². The highest BCUT2D eigenvalue weighted by molar-refractivity contribution is 7.89. The molecule has 1 saturated heterocycles. The minimum atomic E-state index is -3.86. The van der Waals surface area contributed by atoms with E-state index in [0.717, 1.165) is 0 Å². The average molecular weight is 349 g/mol. The van der Waals surface area contributed by atoms with Gasteiger partial charge in [0.2, 0.25) is 10.0 Å². The Labute approximate surface area is 133 Å². The molecule has 9 heteroatoms. The quantitative estimate of drug-likeness (QED) is 0.864. The van der Waals surface area contributed by atoms with Crippen molar-refractivity contribution < 1.29 is 23.1 Å². The van der Waals surface area contributed by atoms with E-state index in [1.54, 1.807) is 6.92 Å². The van der Waals surface area contributed by atoms with Gasteiger partial charge in [-0.15, -0.1) is 0 Å². The topological polar surface area (TPSA) is 95.9 Å². The Balaban J connectivity index is 2.23. The van der Waals surface area contributed by atoms with E-state index in [-0.39, 0.29) is 28.3 Å². The molecule has 0 spiro atoms. The highest BCUT2D eigenvalue weighted by atomic mass is 35.5. The lowest BCUT2D eigenvalue weighted by Gasteiger charge is -2.17. The predicted octanol–water partition coefficient (Wildman–Crippen LogP) is 1.77. The number of carboxylic acid groups (broad SMARTS) is 1. The van der Waals surface area contributed by atoms with Crippen molar-refractivity contribution in [2.24, 2.45) is 0 Å². The van der Waals surface area contributed by atoms with Crippen LogP contribution in [0.15, 0.2) is 23.1 Å². The first-order valence-electron chi connectivity index (χ1n) is 6.60. The molecule has 1 aliphatic heterocycles. The summed E-state index contributed by atoms with van der Waals surface area (Å²) in [6.07, 6.45) is -0.649. The molecule has 0 saturated carbocycles. The van der Waals surface area contributed by atoms with Crippen molar-refractivity contribution >= 4 is 27.7 Å². The Morgan fingerprint density at radius 1 is 1.50 bits per heavy atom. The fraction of sp³-hybridized carbons (Fsp3) is 0.462. The molecule has 1 aliphatic rings. The lowest BCUT2D eigenvalue weighted by molar-refractivity contribution is 0.143. The average Bonchev–Trinajstić information content (AvgIpc) is 2.79. The summed E-state index contributed by atoms with van der Waals surface area (Å²) in [6.45, 7) is 1.85. The lowest BCUT2D eigenvalue weighted by atomic mass is 10.2. The van der Waals surface area contributed by atoms with E-state index in [1.807, 2.05) is 0 Å². The number of hydrogen-bond acceptors (Lipinski definition) is 4. The van der Waals surface area contributed by atoms with Crippen LogP contribution in [0, 0.1) is 0 Å². The van der Waals surface area contributed by atoms with Crippen LogP contribution in [0.2, 0.25) is 5.02 Å². The molecule has 122 valence electrons. The zero-order valence-electron chi connectivity index (χ0n) is 12.1. The van der Waals surface area contributed by atoms with Crippen LogP contribution in [-0.4, -0.2) is 50.3 Å². The first kappa shape index (κ1) is 16.9. The van der Waals surface area contributed by atoms with Gasteiger partial charge in [0.05, 0.1) is 7.11 Å². The maximum atomic E-state index is 12.5. The van der Waals surface area contributed by atoms with Gasteiger partial charge in [-0.2, -0.15) is 0 Å². The highest BCUT2D eigenvalue weighted by Crippen LogP contribution is 2.28. The van der Waals surface area contributed by atoms with Crippen molar-refractivity contribution in [1.82, 2.24) is 9.62 Å². The number of halogens is 1. The third-order valence-electron chi connectivity index (χ3n) is 3.56. The van der Waals surface area contributed by atoms with Crippen molar-refractivity contribution in [2.75, 3.05) is 13.7 Å². The largest absolute Gasteiger partial charge is 0.495 e. The van der Waals surface area contributed by atoms with Gasteiger partial charge in [0.1, 0.15) is 10.6 Å². The molecule has 7 nitrogen and oxygen atoms in total. The number of nitrogens with zero attached hydrogens (tertiary/aromatic N) is 1. The Kier molecular flexibility index (Phi) is 4.84. The van der Waals surface area contributed by atoms with E-state index in [0.29, 0.717) is 6.42 Å². The minimum Gasteiger partial charge on any atom is -0.495 e. The van der Waals surface area contributed by atoms with Gasteiger partial charge in [0, 0.05) is 23.7 Å². The minimum absolute atomic E-state index is 0.0658. The van der Waals surface area contributed by atoms with Gasteiger partial charge in [-0.1, -0.05) is 11.6 Å². The number of benzene rings is 1. The standard InChI is InChI=1S/C13H17ClN2O5S/c1-8-5-10(7-16(8)13(17)18)15-22(19,20)12-6-9(14)3-4-11(12)21-2/h3-4,6,8,10,15H,5,7H2,1-2H3,(H,17,18)/t8-,10+/m0/s1. The number of likely N-dealkylation sites (tertiary alicyclic amines) is 1. The van der Waals surface area contributed by atoms with Crippen LogP contribution in [0.25, 0.3) is 0 Å². The molecule has 2 N–H and O–H groups in total. The molecule has 0 bridgehead atoms. The maximum Gasteiger partial charge on any atom is 0.407 e. The van der Waals surface area contributed by atoms with Gasteiger partial charge in [0.25, 0.3) is 0 Å². The summed E-state index contributed by atoms with van der Waals surface area (Å²) >= 11 is 5.85. The van der Waals surface area contributed by atoms with E-state index in [1.165, 1.54) is 30.2 Å². The monoisotopic (exact) mass is 348 g/mol. The van der Waals surface area contributed by atoms with Crippen molar-refractivity contribution in [1.29, 1.82) is 0 Å². The molecule has 1 amide bonds. The van der Waals surface area contributed by atoms with Crippen LogP contribution >= 0.6 is 11.6 Å². The molecule has 1 heterocycles. The van der Waals surface area contributed by atoms with E-state index in [2.05, 4.69) is 4.72 Å². The molecular weight excluding hydrogens is 332 g/mol. The smallest absolute Gasteiger partial charge is 0.407 e. The fourth-order valence-corrected chi connectivity index (χ4v) is 4.20. The Morgan fingerprint density at radius 3 is 2.73 bits per heavy atom. The van der Waals surface area contributed by atoms with Crippen molar-refractivity contribution in [2.45, 2.75) is 30.3 Å². The fourth-order valence-electron chi connectivity index (χ4n) is 2.53. The van der Waals surface area contributed by atoms with Crippen LogP contribution in [-0.2, 0) is 10.0 Å². The number of amides is 1. The number of sulfonamides is 1. The molecule has 22 heavy (non-hydrogen) atoms. The SMILES string of the molecule is COc1ccc(Cl)cc1S(=O)(=O)N[C@@H]1C[C@H](C)N(C(=O)O)C1. The molecule has 2 atom stereocenters. The highest BCUT2D eigenvalue weighted by Gasteiger charge is 2.35. The van der Waals surface area contributed by atoms with Crippen LogP contribution in [0.3, 0.4) is 0 Å². The van der Waals surface area contributed by atoms with Crippen LogP contribution in [0.4, 0.5) is 4.79 Å². The lowest BCUT2D eigenvalue weighted by Crippen LogP contribution is -2.38. The molecule has 1 aromatic carbocycles. The van der Waals surface area contributed by atoms with Gasteiger partial charge in [-0.25, -0.2) is 17.9 Å². The van der Waals surface area contributed by atoms with E-state index < -0.39 is 22.2 Å². The second-order valence-corrected chi connectivity index (χ2v) is 7.25. The molecular formula is C13H17ClN2O5S. The Hall–Kier alpha value is -1.51.